The van der Waals surface area contributed by atoms with E-state index in [0.717, 1.165) is 34.3 Å². The number of hydrogen-bond acceptors (Lipinski definition) is 7. The van der Waals surface area contributed by atoms with Crippen molar-refractivity contribution in [1.29, 1.82) is 0 Å². The van der Waals surface area contributed by atoms with E-state index in [0.29, 0.717) is 17.3 Å². The van der Waals surface area contributed by atoms with Crippen LogP contribution in [-0.2, 0) is 17.6 Å². The molecule has 2 aromatic carbocycles. The summed E-state index contributed by atoms with van der Waals surface area (Å²) in [7, 11) is 1.63. The molecule has 2 N–H and O–H groups in total. The minimum atomic E-state index is 0.0207. The van der Waals surface area contributed by atoms with Gasteiger partial charge in [-0.15, -0.1) is 10.2 Å². The molecule has 0 fully saturated rings. The highest BCUT2D eigenvalue weighted by Crippen LogP contribution is 2.31. The number of fused-ring (bicyclic) bond motifs is 1. The fourth-order valence-corrected chi connectivity index (χ4v) is 5.06. The Bertz CT molecular complexity index is 1010. The van der Waals surface area contributed by atoms with Crippen molar-refractivity contribution in [3.63, 3.8) is 0 Å². The van der Waals surface area contributed by atoms with Gasteiger partial charge in [-0.2, -0.15) is 0 Å². The smallest absolute Gasteiger partial charge is 0.225 e. The van der Waals surface area contributed by atoms with Gasteiger partial charge in [0.1, 0.15) is 5.75 Å². The molecule has 1 aliphatic rings. The molecule has 1 aromatic heterocycles. The van der Waals surface area contributed by atoms with Gasteiger partial charge in [0.2, 0.25) is 11.0 Å². The Morgan fingerprint density at radius 2 is 2.03 bits per heavy atom. The molecule has 0 bridgehead atoms. The zero-order valence-electron chi connectivity index (χ0n) is 16.1. The third-order valence-electron chi connectivity index (χ3n) is 4.69. The lowest BCUT2D eigenvalue weighted by Crippen LogP contribution is -2.12. The number of benzene rings is 2. The average Bonchev–Trinajstić information content (AvgIpc) is 3.37. The van der Waals surface area contributed by atoms with Gasteiger partial charge in [0.25, 0.3) is 0 Å². The number of amides is 1. The van der Waals surface area contributed by atoms with Crippen molar-refractivity contribution in [2.45, 2.75) is 30.0 Å². The topological polar surface area (TPSA) is 76.1 Å². The Hall–Kier alpha value is -2.58. The number of carbonyl (C=O) groups excluding carboxylic acids is 1. The number of ether oxygens (including phenoxy) is 1. The minimum Gasteiger partial charge on any atom is -0.495 e. The molecule has 0 aliphatic heterocycles. The van der Waals surface area contributed by atoms with E-state index < -0.39 is 0 Å². The SMILES string of the molecule is COc1ccccc1Nc1nnc(SCCC(=O)Nc2ccc3c(c2)CCC3)s1. The van der Waals surface area contributed by atoms with Crippen LogP contribution in [-0.4, -0.2) is 29.0 Å². The second-order valence-electron chi connectivity index (χ2n) is 6.68. The number of nitrogens with zero attached hydrogens (tertiary/aromatic N) is 2. The molecule has 4 rings (SSSR count). The van der Waals surface area contributed by atoms with Gasteiger partial charge in [-0.05, 0) is 54.7 Å². The standard InChI is InChI=1S/C21H22N4O2S2/c1-27-18-8-3-2-7-17(18)23-20-24-25-21(29-20)28-12-11-19(26)22-16-10-9-14-5-4-6-15(14)13-16/h2-3,7-10,13H,4-6,11-12H2,1H3,(H,22,26)(H,23,24). The predicted octanol–water partition coefficient (Wildman–Crippen LogP) is 4.90. The lowest BCUT2D eigenvalue weighted by molar-refractivity contribution is -0.115. The average molecular weight is 427 g/mol. The summed E-state index contributed by atoms with van der Waals surface area (Å²) in [6, 6.07) is 13.9. The zero-order chi connectivity index (χ0) is 20.1. The highest BCUT2D eigenvalue weighted by molar-refractivity contribution is 8.01. The zero-order valence-corrected chi connectivity index (χ0v) is 17.7. The third kappa shape index (κ3) is 5.07. The van der Waals surface area contributed by atoms with Crippen LogP contribution in [0.1, 0.15) is 24.0 Å². The maximum atomic E-state index is 12.2. The maximum absolute atomic E-state index is 12.2. The number of nitrogens with one attached hydrogen (secondary N) is 2. The summed E-state index contributed by atoms with van der Waals surface area (Å²) >= 11 is 2.99. The Morgan fingerprint density at radius 3 is 2.93 bits per heavy atom. The Balaban J connectivity index is 1.25. The van der Waals surface area contributed by atoms with Crippen LogP contribution in [0.15, 0.2) is 46.8 Å². The molecule has 0 atom stereocenters. The molecule has 29 heavy (non-hydrogen) atoms. The van der Waals surface area contributed by atoms with Crippen LogP contribution in [0.2, 0.25) is 0 Å². The van der Waals surface area contributed by atoms with Crippen molar-refractivity contribution < 1.29 is 9.53 Å². The molecule has 1 aliphatic carbocycles. The molecular weight excluding hydrogens is 404 g/mol. The summed E-state index contributed by atoms with van der Waals surface area (Å²) in [5.41, 5.74) is 4.50. The van der Waals surface area contributed by atoms with E-state index in [9.17, 15) is 4.79 Å². The third-order valence-corrected chi connectivity index (χ3v) is 6.67. The second kappa shape index (κ2) is 9.28. The van der Waals surface area contributed by atoms with Crippen LogP contribution in [0, 0.1) is 0 Å². The van der Waals surface area contributed by atoms with Gasteiger partial charge >= 0.3 is 0 Å². The number of para-hydroxylation sites is 2. The Kier molecular flexibility index (Phi) is 6.31. The van der Waals surface area contributed by atoms with Crippen LogP contribution in [0.5, 0.6) is 5.75 Å². The predicted molar refractivity (Wildman–Crippen MR) is 119 cm³/mol. The van der Waals surface area contributed by atoms with E-state index in [-0.39, 0.29) is 5.91 Å². The molecule has 1 amide bonds. The summed E-state index contributed by atoms with van der Waals surface area (Å²) in [6.07, 6.45) is 3.89. The van der Waals surface area contributed by atoms with Crippen LogP contribution in [0.3, 0.4) is 0 Å². The number of anilines is 3. The van der Waals surface area contributed by atoms with Crippen molar-refractivity contribution >= 4 is 45.5 Å². The van der Waals surface area contributed by atoms with Crippen LogP contribution in [0.25, 0.3) is 0 Å². The molecule has 8 heteroatoms. The van der Waals surface area contributed by atoms with E-state index in [4.69, 9.17) is 4.74 Å². The fraction of sp³-hybridized carbons (Fsp3) is 0.286. The number of carbonyl (C=O) groups is 1. The summed E-state index contributed by atoms with van der Waals surface area (Å²) in [4.78, 5) is 12.2. The minimum absolute atomic E-state index is 0.0207. The van der Waals surface area contributed by atoms with E-state index >= 15 is 0 Å². The van der Waals surface area contributed by atoms with Crippen LogP contribution in [0.4, 0.5) is 16.5 Å². The first-order chi connectivity index (χ1) is 14.2. The van der Waals surface area contributed by atoms with E-state index in [1.165, 1.54) is 40.6 Å². The van der Waals surface area contributed by atoms with Gasteiger partial charge in [0.15, 0.2) is 4.34 Å². The number of hydrogen-bond donors (Lipinski definition) is 2. The molecule has 3 aromatic rings. The Morgan fingerprint density at radius 1 is 1.17 bits per heavy atom. The largest absolute Gasteiger partial charge is 0.495 e. The molecule has 150 valence electrons. The van der Waals surface area contributed by atoms with E-state index in [1.807, 2.05) is 30.3 Å². The van der Waals surface area contributed by atoms with Crippen molar-refractivity contribution in [1.82, 2.24) is 10.2 Å². The van der Waals surface area contributed by atoms with Gasteiger partial charge in [0, 0.05) is 17.9 Å². The molecule has 0 unspecified atom stereocenters. The van der Waals surface area contributed by atoms with Gasteiger partial charge in [-0.3, -0.25) is 4.79 Å². The number of rotatable bonds is 8. The van der Waals surface area contributed by atoms with Gasteiger partial charge in [-0.1, -0.05) is 41.3 Å². The number of aromatic nitrogens is 2. The molecular formula is C21H22N4O2S2. The van der Waals surface area contributed by atoms with E-state index in [2.05, 4.69) is 33.0 Å². The summed E-state index contributed by atoms with van der Waals surface area (Å²) in [6.45, 7) is 0. The van der Waals surface area contributed by atoms with Crippen molar-refractivity contribution in [2.24, 2.45) is 0 Å². The summed E-state index contributed by atoms with van der Waals surface area (Å²) in [5.74, 6) is 1.42. The lowest BCUT2D eigenvalue weighted by Gasteiger charge is -2.07. The fourth-order valence-electron chi connectivity index (χ4n) is 3.29. The number of methoxy groups -OCH3 is 1. The first kappa shape index (κ1) is 19.7. The van der Waals surface area contributed by atoms with Gasteiger partial charge in [-0.25, -0.2) is 0 Å². The van der Waals surface area contributed by atoms with Crippen molar-refractivity contribution in [3.05, 3.63) is 53.6 Å². The highest BCUT2D eigenvalue weighted by atomic mass is 32.2. The number of aryl methyl sites for hydroxylation is 2. The molecule has 0 spiro atoms. The van der Waals surface area contributed by atoms with Crippen molar-refractivity contribution in [2.75, 3.05) is 23.5 Å². The molecule has 6 nitrogen and oxygen atoms in total. The quantitative estimate of drug-likeness (QED) is 0.499. The van der Waals surface area contributed by atoms with E-state index in [1.54, 1.807) is 7.11 Å². The first-order valence-electron chi connectivity index (χ1n) is 9.49. The number of thioether (sulfide) groups is 1. The monoisotopic (exact) mass is 426 g/mol. The van der Waals surface area contributed by atoms with Crippen LogP contribution < -0.4 is 15.4 Å². The van der Waals surface area contributed by atoms with Crippen molar-refractivity contribution in [3.8, 4) is 5.75 Å². The summed E-state index contributed by atoms with van der Waals surface area (Å²) in [5, 5.41) is 15.3. The maximum Gasteiger partial charge on any atom is 0.225 e. The summed E-state index contributed by atoms with van der Waals surface area (Å²) < 4.78 is 6.16. The molecule has 0 saturated carbocycles. The lowest BCUT2D eigenvalue weighted by atomic mass is 10.1. The first-order valence-corrected chi connectivity index (χ1v) is 11.3. The normalized spacial score (nSPS) is 12.4. The molecule has 0 radical (unpaired) electrons. The second-order valence-corrected chi connectivity index (χ2v) is 9.00. The van der Waals surface area contributed by atoms with Crippen LogP contribution >= 0.6 is 23.1 Å². The molecule has 0 saturated heterocycles. The Labute approximate surface area is 178 Å². The molecule has 1 heterocycles. The van der Waals surface area contributed by atoms with Gasteiger partial charge < -0.3 is 15.4 Å². The van der Waals surface area contributed by atoms with Gasteiger partial charge in [0.05, 0.1) is 12.8 Å². The highest BCUT2D eigenvalue weighted by Gasteiger charge is 2.12.